The van der Waals surface area contributed by atoms with Crippen LogP contribution in [-0.2, 0) is 4.79 Å². The number of hydrogen-bond acceptors (Lipinski definition) is 2. The Bertz CT molecular complexity index is 293. The van der Waals surface area contributed by atoms with Crippen LogP contribution in [0.5, 0.6) is 0 Å². The highest BCUT2D eigenvalue weighted by Crippen LogP contribution is 2.38. The minimum absolute atomic E-state index is 0.0638. The number of carbonyl (C=O) groups is 1. The molecule has 0 bridgehead atoms. The first-order chi connectivity index (χ1) is 7.99. The minimum atomic E-state index is -0.0638. The molecule has 0 aromatic heterocycles. The van der Waals surface area contributed by atoms with Gasteiger partial charge in [0.25, 0.3) is 0 Å². The Morgan fingerprint density at radius 2 is 1.88 bits per heavy atom. The molecule has 0 unspecified atom stereocenters. The van der Waals surface area contributed by atoms with Crippen molar-refractivity contribution >= 4 is 5.91 Å². The third kappa shape index (κ3) is 2.49. The molecule has 0 spiro atoms. The maximum absolute atomic E-state index is 12.7. The molecule has 2 rings (SSSR count). The Morgan fingerprint density at radius 3 is 2.35 bits per heavy atom. The highest BCUT2D eigenvalue weighted by atomic mass is 16.2. The van der Waals surface area contributed by atoms with Crippen molar-refractivity contribution in [1.82, 2.24) is 10.2 Å². The molecule has 0 saturated carbocycles. The quantitative estimate of drug-likeness (QED) is 0.798. The summed E-state index contributed by atoms with van der Waals surface area (Å²) in [4.78, 5) is 14.9. The second-order valence-electron chi connectivity index (χ2n) is 6.52. The molecule has 0 atom stereocenters. The smallest absolute Gasteiger partial charge is 0.228 e. The van der Waals surface area contributed by atoms with Crippen molar-refractivity contribution in [2.45, 2.75) is 46.5 Å². The summed E-state index contributed by atoms with van der Waals surface area (Å²) in [5.74, 6) is 0.423. The maximum Gasteiger partial charge on any atom is 0.228 e. The van der Waals surface area contributed by atoms with Gasteiger partial charge in [-0.1, -0.05) is 20.8 Å². The van der Waals surface area contributed by atoms with Crippen LogP contribution in [0.15, 0.2) is 0 Å². The molecule has 0 aromatic rings. The van der Waals surface area contributed by atoms with Crippen LogP contribution in [0, 0.1) is 10.8 Å². The Kier molecular flexibility index (Phi) is 3.48. The van der Waals surface area contributed by atoms with Gasteiger partial charge in [-0.2, -0.15) is 0 Å². The summed E-state index contributed by atoms with van der Waals surface area (Å²) in [5.41, 5.74) is 0.253. The van der Waals surface area contributed by atoms with Crippen LogP contribution in [0.3, 0.4) is 0 Å². The van der Waals surface area contributed by atoms with Crippen LogP contribution in [0.4, 0.5) is 0 Å². The Labute approximate surface area is 105 Å². The molecule has 0 aliphatic carbocycles. The molecule has 1 amide bonds. The Hall–Kier alpha value is -0.570. The van der Waals surface area contributed by atoms with E-state index in [0.29, 0.717) is 11.3 Å². The van der Waals surface area contributed by atoms with E-state index in [1.807, 2.05) is 0 Å². The summed E-state index contributed by atoms with van der Waals surface area (Å²) >= 11 is 0. The van der Waals surface area contributed by atoms with Crippen LogP contribution < -0.4 is 5.32 Å². The lowest BCUT2D eigenvalue weighted by molar-refractivity contribution is -0.143. The molecule has 2 aliphatic heterocycles. The fraction of sp³-hybridized carbons (Fsp3) is 0.929. The average Bonchev–Trinajstić information content (AvgIpc) is 2.69. The zero-order chi connectivity index (χ0) is 12.5. The Morgan fingerprint density at radius 1 is 1.24 bits per heavy atom. The van der Waals surface area contributed by atoms with Crippen molar-refractivity contribution in [3.05, 3.63) is 0 Å². The summed E-state index contributed by atoms with van der Waals surface area (Å²) in [6.07, 6.45) is 4.17. The van der Waals surface area contributed by atoms with Crippen LogP contribution in [0.25, 0.3) is 0 Å². The van der Waals surface area contributed by atoms with E-state index in [9.17, 15) is 4.79 Å². The van der Waals surface area contributed by atoms with Gasteiger partial charge in [0, 0.05) is 13.1 Å². The summed E-state index contributed by atoms with van der Waals surface area (Å²) in [5, 5.41) is 3.36. The molecule has 0 radical (unpaired) electrons. The van der Waals surface area contributed by atoms with Crippen molar-refractivity contribution in [2.75, 3.05) is 26.2 Å². The van der Waals surface area contributed by atoms with Gasteiger partial charge in [0.2, 0.25) is 5.91 Å². The van der Waals surface area contributed by atoms with E-state index in [-0.39, 0.29) is 5.41 Å². The van der Waals surface area contributed by atoms with Crippen molar-refractivity contribution in [3.63, 3.8) is 0 Å². The monoisotopic (exact) mass is 238 g/mol. The van der Waals surface area contributed by atoms with Crippen LogP contribution in [-0.4, -0.2) is 37.0 Å². The summed E-state index contributed by atoms with van der Waals surface area (Å²) in [6.45, 7) is 10.6. The largest absolute Gasteiger partial charge is 0.342 e. The van der Waals surface area contributed by atoms with Crippen LogP contribution in [0.1, 0.15) is 46.5 Å². The van der Waals surface area contributed by atoms with Crippen molar-refractivity contribution in [3.8, 4) is 0 Å². The number of nitrogens with one attached hydrogen (secondary N) is 1. The SMILES string of the molecule is CCC1(C(=O)N2CCC(C)(C)C2)CCNCC1. The third-order valence-electron chi connectivity index (χ3n) is 4.66. The molecular formula is C14H26N2O. The van der Waals surface area contributed by atoms with Crippen LogP contribution >= 0.6 is 0 Å². The fourth-order valence-corrected chi connectivity index (χ4v) is 3.25. The maximum atomic E-state index is 12.7. The topological polar surface area (TPSA) is 32.3 Å². The van der Waals surface area contributed by atoms with Gasteiger partial charge >= 0.3 is 0 Å². The first-order valence-corrected chi connectivity index (χ1v) is 6.99. The third-order valence-corrected chi connectivity index (χ3v) is 4.66. The normalized spacial score (nSPS) is 27.1. The molecule has 0 aromatic carbocycles. The second-order valence-corrected chi connectivity index (χ2v) is 6.52. The lowest BCUT2D eigenvalue weighted by Gasteiger charge is -2.38. The highest BCUT2D eigenvalue weighted by Gasteiger charge is 2.43. The average molecular weight is 238 g/mol. The van der Waals surface area contributed by atoms with E-state index in [1.165, 1.54) is 0 Å². The first kappa shape index (κ1) is 12.9. The second kappa shape index (κ2) is 4.60. The molecule has 3 nitrogen and oxygen atoms in total. The predicted octanol–water partition coefficient (Wildman–Crippen LogP) is 2.02. The van der Waals surface area contributed by atoms with E-state index in [1.54, 1.807) is 0 Å². The van der Waals surface area contributed by atoms with Gasteiger partial charge in [-0.05, 0) is 44.2 Å². The van der Waals surface area contributed by atoms with E-state index in [4.69, 9.17) is 0 Å². The van der Waals surface area contributed by atoms with Crippen molar-refractivity contribution in [1.29, 1.82) is 0 Å². The standard InChI is InChI=1S/C14H26N2O/c1-4-14(5-8-15-9-6-14)12(17)16-10-7-13(2,3)11-16/h15H,4-11H2,1-3H3. The number of rotatable bonds is 2. The molecule has 1 N–H and O–H groups in total. The van der Waals surface area contributed by atoms with E-state index < -0.39 is 0 Å². The molecule has 2 aliphatic rings. The molecule has 3 heteroatoms. The van der Waals surface area contributed by atoms with Crippen molar-refractivity contribution < 1.29 is 4.79 Å². The number of piperidine rings is 1. The lowest BCUT2D eigenvalue weighted by Crippen LogP contribution is -2.48. The molecule has 17 heavy (non-hydrogen) atoms. The number of amides is 1. The van der Waals surface area contributed by atoms with E-state index >= 15 is 0 Å². The molecule has 2 saturated heterocycles. The number of hydrogen-bond donors (Lipinski definition) is 1. The van der Waals surface area contributed by atoms with E-state index in [0.717, 1.165) is 51.9 Å². The fourth-order valence-electron chi connectivity index (χ4n) is 3.25. The zero-order valence-electron chi connectivity index (χ0n) is 11.5. The van der Waals surface area contributed by atoms with Gasteiger partial charge in [0.05, 0.1) is 5.41 Å². The van der Waals surface area contributed by atoms with Gasteiger partial charge in [-0.25, -0.2) is 0 Å². The zero-order valence-corrected chi connectivity index (χ0v) is 11.5. The molecule has 98 valence electrons. The lowest BCUT2D eigenvalue weighted by atomic mass is 9.75. The summed E-state index contributed by atoms with van der Waals surface area (Å²) < 4.78 is 0. The van der Waals surface area contributed by atoms with Crippen LogP contribution in [0.2, 0.25) is 0 Å². The highest BCUT2D eigenvalue weighted by molar-refractivity contribution is 5.83. The molecule has 2 fully saturated rings. The van der Waals surface area contributed by atoms with Gasteiger partial charge in [0.1, 0.15) is 0 Å². The summed E-state index contributed by atoms with van der Waals surface area (Å²) in [6, 6.07) is 0. The molecular weight excluding hydrogens is 212 g/mol. The summed E-state index contributed by atoms with van der Waals surface area (Å²) in [7, 11) is 0. The predicted molar refractivity (Wildman–Crippen MR) is 69.8 cm³/mol. The van der Waals surface area contributed by atoms with Gasteiger partial charge in [-0.3, -0.25) is 4.79 Å². The van der Waals surface area contributed by atoms with E-state index in [2.05, 4.69) is 31.0 Å². The van der Waals surface area contributed by atoms with Gasteiger partial charge in [-0.15, -0.1) is 0 Å². The number of nitrogens with zero attached hydrogens (tertiary/aromatic N) is 1. The number of carbonyl (C=O) groups excluding carboxylic acids is 1. The van der Waals surface area contributed by atoms with Crippen molar-refractivity contribution in [2.24, 2.45) is 10.8 Å². The van der Waals surface area contributed by atoms with Gasteiger partial charge < -0.3 is 10.2 Å². The molecule has 2 heterocycles. The first-order valence-electron chi connectivity index (χ1n) is 6.99. The van der Waals surface area contributed by atoms with Gasteiger partial charge in [0.15, 0.2) is 0 Å². The Balaban J connectivity index is 2.07. The number of likely N-dealkylation sites (tertiary alicyclic amines) is 1. The minimum Gasteiger partial charge on any atom is -0.342 e.